The molecule has 10 heteroatoms. The minimum atomic E-state index is -4.76. The van der Waals surface area contributed by atoms with Gasteiger partial charge < -0.3 is 19.5 Å². The van der Waals surface area contributed by atoms with E-state index in [4.69, 9.17) is 9.84 Å². The van der Waals surface area contributed by atoms with E-state index in [0.717, 1.165) is 17.0 Å². The Morgan fingerprint density at radius 2 is 2.00 bits per heavy atom. The SMILES string of the molecule is O=C(O)C1COCCN(C(=O)c2ccccc2OC(F)(F)C(F)F)C1. The third kappa shape index (κ3) is 4.59. The van der Waals surface area contributed by atoms with Crippen molar-refractivity contribution in [1.82, 2.24) is 4.90 Å². The summed E-state index contributed by atoms with van der Waals surface area (Å²) in [5, 5.41) is 9.08. The number of halogens is 4. The maximum atomic E-state index is 13.2. The summed E-state index contributed by atoms with van der Waals surface area (Å²) >= 11 is 0. The van der Waals surface area contributed by atoms with Crippen molar-refractivity contribution in [3.63, 3.8) is 0 Å². The molecular weight excluding hydrogens is 350 g/mol. The van der Waals surface area contributed by atoms with Crippen LogP contribution < -0.4 is 4.74 Å². The monoisotopic (exact) mass is 365 g/mol. The van der Waals surface area contributed by atoms with Gasteiger partial charge in [-0.25, -0.2) is 0 Å². The summed E-state index contributed by atoms with van der Waals surface area (Å²) in [6, 6.07) is 4.70. The van der Waals surface area contributed by atoms with Crippen LogP contribution in [0.15, 0.2) is 24.3 Å². The Labute approximate surface area is 139 Å². The van der Waals surface area contributed by atoms with Gasteiger partial charge in [0.1, 0.15) is 5.75 Å². The molecule has 138 valence electrons. The van der Waals surface area contributed by atoms with Gasteiger partial charge >= 0.3 is 18.5 Å². The molecule has 1 N–H and O–H groups in total. The van der Waals surface area contributed by atoms with E-state index >= 15 is 0 Å². The number of carbonyl (C=O) groups excluding carboxylic acids is 1. The van der Waals surface area contributed by atoms with Crippen LogP contribution in [0.25, 0.3) is 0 Å². The zero-order valence-electron chi connectivity index (χ0n) is 12.8. The highest BCUT2D eigenvalue weighted by Gasteiger charge is 2.44. The van der Waals surface area contributed by atoms with E-state index in [0.29, 0.717) is 0 Å². The van der Waals surface area contributed by atoms with Crippen molar-refractivity contribution in [3.8, 4) is 5.75 Å². The molecule has 1 heterocycles. The Morgan fingerprint density at radius 3 is 2.64 bits per heavy atom. The summed E-state index contributed by atoms with van der Waals surface area (Å²) < 4.78 is 60.1. The Bertz CT molecular complexity index is 640. The largest absolute Gasteiger partial charge is 0.481 e. The molecule has 1 fully saturated rings. The summed E-state index contributed by atoms with van der Waals surface area (Å²) in [6.45, 7) is -0.206. The topological polar surface area (TPSA) is 76.1 Å². The average Bonchev–Trinajstić information content (AvgIpc) is 2.80. The molecule has 6 nitrogen and oxygen atoms in total. The maximum Gasteiger partial charge on any atom is 0.461 e. The Morgan fingerprint density at radius 1 is 1.32 bits per heavy atom. The van der Waals surface area contributed by atoms with Gasteiger partial charge in [0.15, 0.2) is 0 Å². The minimum absolute atomic E-state index is 0.0299. The van der Waals surface area contributed by atoms with Gasteiger partial charge in [0, 0.05) is 13.1 Å². The van der Waals surface area contributed by atoms with Crippen molar-refractivity contribution < 1.29 is 41.7 Å². The molecule has 1 aliphatic heterocycles. The summed E-state index contributed by atoms with van der Waals surface area (Å²) in [5.74, 6) is -3.68. The standard InChI is InChI=1S/C15H15F4NO5/c16-14(17)15(18,19)25-11-4-2-1-3-10(11)12(21)20-5-6-24-8-9(7-20)13(22)23/h1-4,9,14H,5-8H2,(H,22,23). The number of ether oxygens (including phenoxy) is 2. The first-order valence-electron chi connectivity index (χ1n) is 7.26. The molecule has 0 aromatic heterocycles. The van der Waals surface area contributed by atoms with E-state index in [1.165, 1.54) is 12.1 Å². The van der Waals surface area contributed by atoms with Gasteiger partial charge in [0.2, 0.25) is 0 Å². The molecule has 25 heavy (non-hydrogen) atoms. The first kappa shape index (κ1) is 19.0. The number of aliphatic carboxylic acids is 1. The second-order valence-corrected chi connectivity index (χ2v) is 5.32. The number of amides is 1. The fourth-order valence-electron chi connectivity index (χ4n) is 2.24. The van der Waals surface area contributed by atoms with Crippen molar-refractivity contribution in [1.29, 1.82) is 0 Å². The van der Waals surface area contributed by atoms with Crippen molar-refractivity contribution in [2.45, 2.75) is 12.5 Å². The molecule has 0 aliphatic carbocycles. The van der Waals surface area contributed by atoms with E-state index in [9.17, 15) is 27.2 Å². The first-order valence-corrected chi connectivity index (χ1v) is 7.26. The van der Waals surface area contributed by atoms with Gasteiger partial charge in [0.25, 0.3) is 5.91 Å². The minimum Gasteiger partial charge on any atom is -0.481 e. The Kier molecular flexibility index (Phi) is 5.83. The number of para-hydroxylation sites is 1. The number of carboxylic acids is 1. The van der Waals surface area contributed by atoms with Gasteiger partial charge in [0.05, 0.1) is 24.7 Å². The zero-order chi connectivity index (χ0) is 18.6. The number of benzene rings is 1. The lowest BCUT2D eigenvalue weighted by Crippen LogP contribution is -2.39. The zero-order valence-corrected chi connectivity index (χ0v) is 12.8. The number of alkyl halides is 4. The average molecular weight is 365 g/mol. The number of rotatable bonds is 5. The smallest absolute Gasteiger partial charge is 0.461 e. The number of hydrogen-bond acceptors (Lipinski definition) is 4. The second kappa shape index (κ2) is 7.68. The predicted octanol–water partition coefficient (Wildman–Crippen LogP) is 2.10. The van der Waals surface area contributed by atoms with Crippen LogP contribution in [-0.4, -0.2) is 60.7 Å². The van der Waals surface area contributed by atoms with Gasteiger partial charge in [-0.3, -0.25) is 9.59 Å². The second-order valence-electron chi connectivity index (χ2n) is 5.32. The lowest BCUT2D eigenvalue weighted by molar-refractivity contribution is -0.253. The van der Waals surface area contributed by atoms with E-state index in [2.05, 4.69) is 4.74 Å². The number of nitrogens with zero attached hydrogens (tertiary/aromatic N) is 1. The molecule has 1 atom stereocenters. The van der Waals surface area contributed by atoms with Crippen LogP contribution in [-0.2, 0) is 9.53 Å². The fraction of sp³-hybridized carbons (Fsp3) is 0.467. The van der Waals surface area contributed by atoms with E-state index < -0.39 is 36.1 Å². The van der Waals surface area contributed by atoms with Crippen LogP contribution in [0, 0.1) is 5.92 Å². The molecule has 1 amide bonds. The van der Waals surface area contributed by atoms with Crippen LogP contribution in [0.4, 0.5) is 17.6 Å². The molecule has 1 unspecified atom stereocenters. The molecule has 0 bridgehead atoms. The normalized spacial score (nSPS) is 18.8. The molecule has 1 aromatic carbocycles. The number of hydrogen-bond donors (Lipinski definition) is 1. The summed E-state index contributed by atoms with van der Waals surface area (Å²) in [6.07, 6.45) is -8.83. The predicted molar refractivity (Wildman–Crippen MR) is 75.9 cm³/mol. The third-order valence-electron chi connectivity index (χ3n) is 3.52. The van der Waals surface area contributed by atoms with Crippen LogP contribution >= 0.6 is 0 Å². The summed E-state index contributed by atoms with van der Waals surface area (Å²) in [7, 11) is 0. The van der Waals surface area contributed by atoms with E-state index in [1.54, 1.807) is 0 Å². The Hall–Kier alpha value is -2.36. The first-order chi connectivity index (χ1) is 11.7. The van der Waals surface area contributed by atoms with Crippen LogP contribution in [0.3, 0.4) is 0 Å². The molecular formula is C15H15F4NO5. The van der Waals surface area contributed by atoms with Gasteiger partial charge in [-0.1, -0.05) is 12.1 Å². The van der Waals surface area contributed by atoms with Crippen LogP contribution in [0.5, 0.6) is 5.75 Å². The molecule has 2 rings (SSSR count). The number of carbonyl (C=O) groups is 2. The highest BCUT2D eigenvalue weighted by Crippen LogP contribution is 2.30. The summed E-state index contributed by atoms with van der Waals surface area (Å²) in [5.41, 5.74) is -0.367. The fourth-order valence-corrected chi connectivity index (χ4v) is 2.24. The van der Waals surface area contributed by atoms with Crippen LogP contribution in [0.2, 0.25) is 0 Å². The van der Waals surface area contributed by atoms with Crippen molar-refractivity contribution in [2.24, 2.45) is 5.92 Å². The highest BCUT2D eigenvalue weighted by atomic mass is 19.3. The van der Waals surface area contributed by atoms with E-state index in [-0.39, 0.29) is 31.9 Å². The molecule has 0 spiro atoms. The molecule has 1 saturated heterocycles. The third-order valence-corrected chi connectivity index (χ3v) is 3.52. The maximum absolute atomic E-state index is 13.2. The summed E-state index contributed by atoms with van der Waals surface area (Å²) in [4.78, 5) is 24.8. The molecule has 1 aromatic rings. The van der Waals surface area contributed by atoms with Gasteiger partial charge in [-0.05, 0) is 12.1 Å². The van der Waals surface area contributed by atoms with Crippen molar-refractivity contribution in [2.75, 3.05) is 26.3 Å². The van der Waals surface area contributed by atoms with Crippen LogP contribution in [0.1, 0.15) is 10.4 Å². The van der Waals surface area contributed by atoms with Gasteiger partial charge in [-0.2, -0.15) is 17.6 Å². The molecule has 1 aliphatic rings. The Balaban J connectivity index is 2.25. The van der Waals surface area contributed by atoms with Gasteiger partial charge in [-0.15, -0.1) is 0 Å². The molecule has 0 radical (unpaired) electrons. The molecule has 0 saturated carbocycles. The van der Waals surface area contributed by atoms with Crippen molar-refractivity contribution in [3.05, 3.63) is 29.8 Å². The number of carboxylic acid groups (broad SMARTS) is 1. The lowest BCUT2D eigenvalue weighted by Gasteiger charge is -2.24. The quantitative estimate of drug-likeness (QED) is 0.809. The van der Waals surface area contributed by atoms with Crippen molar-refractivity contribution >= 4 is 11.9 Å². The van der Waals surface area contributed by atoms with E-state index in [1.807, 2.05) is 0 Å². The highest BCUT2D eigenvalue weighted by molar-refractivity contribution is 5.97. The lowest BCUT2D eigenvalue weighted by atomic mass is 10.1.